The SMILES string of the molecule is O=C(NCCc1ccccc1C(=O)O)c1cccc(Nc2ncc(-c3cccc(F)c3)cn2)c1. The number of nitrogens with zero attached hydrogens (tertiary/aromatic N) is 2. The number of rotatable bonds is 8. The third kappa shape index (κ3) is 5.60. The molecule has 1 amide bonds. The number of carboxylic acids is 1. The largest absolute Gasteiger partial charge is 0.478 e. The Morgan fingerprint density at radius 3 is 2.41 bits per heavy atom. The first kappa shape index (κ1) is 22.6. The number of aromatic nitrogens is 2. The van der Waals surface area contributed by atoms with E-state index < -0.39 is 5.97 Å². The summed E-state index contributed by atoms with van der Waals surface area (Å²) in [4.78, 5) is 32.4. The third-order valence-electron chi connectivity index (χ3n) is 5.12. The van der Waals surface area contributed by atoms with Crippen molar-refractivity contribution >= 4 is 23.5 Å². The van der Waals surface area contributed by atoms with E-state index in [4.69, 9.17) is 0 Å². The third-order valence-corrected chi connectivity index (χ3v) is 5.12. The summed E-state index contributed by atoms with van der Waals surface area (Å²) in [7, 11) is 0. The zero-order valence-electron chi connectivity index (χ0n) is 18.0. The number of hydrogen-bond acceptors (Lipinski definition) is 5. The van der Waals surface area contributed by atoms with Crippen LogP contribution >= 0.6 is 0 Å². The number of amides is 1. The van der Waals surface area contributed by atoms with E-state index in [-0.39, 0.29) is 17.3 Å². The molecule has 1 aromatic heterocycles. The Balaban J connectivity index is 1.37. The van der Waals surface area contributed by atoms with Crippen molar-refractivity contribution < 1.29 is 19.1 Å². The fourth-order valence-corrected chi connectivity index (χ4v) is 3.44. The molecule has 8 heteroatoms. The van der Waals surface area contributed by atoms with E-state index in [1.165, 1.54) is 12.1 Å². The van der Waals surface area contributed by atoms with Crippen LogP contribution < -0.4 is 10.6 Å². The van der Waals surface area contributed by atoms with Crippen LogP contribution in [0.25, 0.3) is 11.1 Å². The lowest BCUT2D eigenvalue weighted by molar-refractivity contribution is 0.0695. The van der Waals surface area contributed by atoms with E-state index in [2.05, 4.69) is 20.6 Å². The van der Waals surface area contributed by atoms with Crippen molar-refractivity contribution in [3.05, 3.63) is 108 Å². The Labute approximate surface area is 195 Å². The molecule has 7 nitrogen and oxygen atoms in total. The van der Waals surface area contributed by atoms with E-state index in [1.54, 1.807) is 73.1 Å². The van der Waals surface area contributed by atoms with Crippen LogP contribution in [-0.4, -0.2) is 33.5 Å². The van der Waals surface area contributed by atoms with Gasteiger partial charge in [-0.15, -0.1) is 0 Å². The Morgan fingerprint density at radius 1 is 0.882 bits per heavy atom. The highest BCUT2D eigenvalue weighted by Crippen LogP contribution is 2.20. The first-order chi connectivity index (χ1) is 16.5. The van der Waals surface area contributed by atoms with Gasteiger partial charge in [-0.25, -0.2) is 19.2 Å². The number of carbonyl (C=O) groups excluding carboxylic acids is 1. The molecular formula is C26H21FN4O3. The van der Waals surface area contributed by atoms with Crippen molar-refractivity contribution in [1.29, 1.82) is 0 Å². The normalized spacial score (nSPS) is 10.5. The zero-order chi connectivity index (χ0) is 23.9. The minimum absolute atomic E-state index is 0.228. The van der Waals surface area contributed by atoms with Gasteiger partial charge in [0.15, 0.2) is 0 Å². The fourth-order valence-electron chi connectivity index (χ4n) is 3.44. The lowest BCUT2D eigenvalue weighted by Gasteiger charge is -2.10. The quantitative estimate of drug-likeness (QED) is 0.355. The zero-order valence-corrected chi connectivity index (χ0v) is 18.0. The van der Waals surface area contributed by atoms with E-state index >= 15 is 0 Å². The first-order valence-electron chi connectivity index (χ1n) is 10.5. The highest BCUT2D eigenvalue weighted by Gasteiger charge is 2.11. The van der Waals surface area contributed by atoms with Gasteiger partial charge in [-0.05, 0) is 53.9 Å². The number of aromatic carboxylic acids is 1. The summed E-state index contributed by atoms with van der Waals surface area (Å²) in [5.74, 6) is -1.27. The number of nitrogens with one attached hydrogen (secondary N) is 2. The molecule has 0 spiro atoms. The molecule has 4 aromatic rings. The fraction of sp³-hybridized carbons (Fsp3) is 0.0769. The molecule has 0 aliphatic rings. The smallest absolute Gasteiger partial charge is 0.335 e. The van der Waals surface area contributed by atoms with Crippen LogP contribution in [0, 0.1) is 5.82 Å². The van der Waals surface area contributed by atoms with Crippen molar-refractivity contribution in [2.24, 2.45) is 0 Å². The molecule has 0 aliphatic heterocycles. The monoisotopic (exact) mass is 456 g/mol. The Kier molecular flexibility index (Phi) is 6.88. The van der Waals surface area contributed by atoms with Crippen molar-refractivity contribution in [1.82, 2.24) is 15.3 Å². The Bertz CT molecular complexity index is 1330. The van der Waals surface area contributed by atoms with Crippen molar-refractivity contribution in [2.45, 2.75) is 6.42 Å². The topological polar surface area (TPSA) is 104 Å². The molecule has 3 aromatic carbocycles. The van der Waals surface area contributed by atoms with Gasteiger partial charge in [0.05, 0.1) is 5.56 Å². The molecule has 170 valence electrons. The molecular weight excluding hydrogens is 435 g/mol. The molecule has 0 radical (unpaired) electrons. The van der Waals surface area contributed by atoms with Gasteiger partial charge in [-0.1, -0.05) is 36.4 Å². The molecule has 3 N–H and O–H groups in total. The molecule has 0 atom stereocenters. The second-order valence-electron chi connectivity index (χ2n) is 7.48. The molecule has 0 bridgehead atoms. The van der Waals surface area contributed by atoms with Gasteiger partial charge >= 0.3 is 5.97 Å². The summed E-state index contributed by atoms with van der Waals surface area (Å²) in [6, 6.07) is 19.8. The average molecular weight is 456 g/mol. The number of carboxylic acid groups (broad SMARTS) is 1. The number of carbonyl (C=O) groups is 2. The molecule has 34 heavy (non-hydrogen) atoms. The summed E-state index contributed by atoms with van der Waals surface area (Å²) in [5.41, 5.74) is 3.31. The van der Waals surface area contributed by atoms with Crippen LogP contribution in [-0.2, 0) is 6.42 Å². The molecule has 1 heterocycles. The summed E-state index contributed by atoms with van der Waals surface area (Å²) >= 11 is 0. The molecule has 4 rings (SSSR count). The van der Waals surface area contributed by atoms with Gasteiger partial charge in [0, 0.05) is 35.8 Å². The van der Waals surface area contributed by atoms with Gasteiger partial charge in [-0.3, -0.25) is 4.79 Å². The second kappa shape index (κ2) is 10.4. The second-order valence-corrected chi connectivity index (χ2v) is 7.48. The lowest BCUT2D eigenvalue weighted by Crippen LogP contribution is -2.26. The van der Waals surface area contributed by atoms with Crippen LogP contribution in [0.15, 0.2) is 85.2 Å². The van der Waals surface area contributed by atoms with Crippen LogP contribution in [0.4, 0.5) is 16.0 Å². The molecule has 0 saturated carbocycles. The highest BCUT2D eigenvalue weighted by atomic mass is 19.1. The van der Waals surface area contributed by atoms with Crippen LogP contribution in [0.3, 0.4) is 0 Å². The minimum atomic E-state index is -0.994. The first-order valence-corrected chi connectivity index (χ1v) is 10.5. The van der Waals surface area contributed by atoms with Crippen LogP contribution in [0.5, 0.6) is 0 Å². The Hall–Kier alpha value is -4.59. The van der Waals surface area contributed by atoms with Crippen molar-refractivity contribution in [2.75, 3.05) is 11.9 Å². The number of hydrogen-bond donors (Lipinski definition) is 3. The highest BCUT2D eigenvalue weighted by molar-refractivity contribution is 5.95. The molecule has 0 saturated heterocycles. The van der Waals surface area contributed by atoms with Crippen LogP contribution in [0.2, 0.25) is 0 Å². The average Bonchev–Trinajstić information content (AvgIpc) is 2.85. The van der Waals surface area contributed by atoms with Crippen molar-refractivity contribution in [3.63, 3.8) is 0 Å². The molecule has 0 aliphatic carbocycles. The maximum atomic E-state index is 13.4. The maximum absolute atomic E-state index is 13.4. The molecule has 0 fully saturated rings. The summed E-state index contributed by atoms with van der Waals surface area (Å²) < 4.78 is 13.4. The summed E-state index contributed by atoms with van der Waals surface area (Å²) in [5, 5.41) is 15.1. The number of halogens is 1. The van der Waals surface area contributed by atoms with Gasteiger partial charge < -0.3 is 15.7 Å². The van der Waals surface area contributed by atoms with Gasteiger partial charge in [0.25, 0.3) is 5.91 Å². The van der Waals surface area contributed by atoms with E-state index in [0.29, 0.717) is 46.9 Å². The maximum Gasteiger partial charge on any atom is 0.335 e. The van der Waals surface area contributed by atoms with E-state index in [9.17, 15) is 19.1 Å². The molecule has 0 unspecified atom stereocenters. The van der Waals surface area contributed by atoms with Gasteiger partial charge in [-0.2, -0.15) is 0 Å². The number of benzene rings is 3. The summed E-state index contributed by atoms with van der Waals surface area (Å²) in [6.07, 6.45) is 3.59. The van der Waals surface area contributed by atoms with Gasteiger partial charge in [0.1, 0.15) is 5.82 Å². The minimum Gasteiger partial charge on any atom is -0.478 e. The van der Waals surface area contributed by atoms with Crippen molar-refractivity contribution in [3.8, 4) is 11.1 Å². The standard InChI is InChI=1S/C26H21FN4O3/c27-21-8-3-6-18(13-21)20-15-29-26(30-16-20)31-22-9-4-7-19(14-22)24(32)28-12-11-17-5-1-2-10-23(17)25(33)34/h1-10,13-16H,11-12H2,(H,28,32)(H,33,34)(H,29,30,31). The summed E-state index contributed by atoms with van der Waals surface area (Å²) in [6.45, 7) is 0.297. The Morgan fingerprint density at radius 2 is 1.65 bits per heavy atom. The van der Waals surface area contributed by atoms with E-state index in [0.717, 1.165) is 0 Å². The lowest BCUT2D eigenvalue weighted by atomic mass is 10.0. The van der Waals surface area contributed by atoms with E-state index in [1.807, 2.05) is 0 Å². The van der Waals surface area contributed by atoms with Gasteiger partial charge in [0.2, 0.25) is 5.95 Å². The predicted molar refractivity (Wildman–Crippen MR) is 127 cm³/mol. The predicted octanol–water partition coefficient (Wildman–Crippen LogP) is 4.70. The van der Waals surface area contributed by atoms with Crippen LogP contribution in [0.1, 0.15) is 26.3 Å². The number of anilines is 2.